The maximum absolute atomic E-state index is 6.57. The minimum absolute atomic E-state index is 0.0184. The SMILES string of the molecule is c1ccc(C2NC(c3ccc4oc5cccc(N(c6ccccc6)c6cccc7c6oc6ccccc67)c5c4c3)=Nc3ccccc32)cc1. The number of furan rings is 2. The highest BCUT2D eigenvalue weighted by Crippen LogP contribution is 2.46. The van der Waals surface area contributed by atoms with Crippen molar-refractivity contribution in [3.8, 4) is 0 Å². The number of amidine groups is 1. The van der Waals surface area contributed by atoms with Crippen LogP contribution in [0.2, 0.25) is 0 Å². The van der Waals surface area contributed by atoms with Crippen LogP contribution in [0.3, 0.4) is 0 Å². The van der Waals surface area contributed by atoms with Crippen LogP contribution in [0.1, 0.15) is 22.7 Å². The molecule has 2 aromatic heterocycles. The van der Waals surface area contributed by atoms with Crippen molar-refractivity contribution in [3.05, 3.63) is 180 Å². The van der Waals surface area contributed by atoms with Gasteiger partial charge in [-0.25, -0.2) is 4.99 Å². The molecular weight excluding hydrogens is 603 g/mol. The number of hydrogen-bond donors (Lipinski definition) is 1. The van der Waals surface area contributed by atoms with Crippen molar-refractivity contribution in [3.63, 3.8) is 0 Å². The third-order valence-corrected chi connectivity index (χ3v) is 9.52. The molecule has 3 heterocycles. The van der Waals surface area contributed by atoms with E-state index in [4.69, 9.17) is 13.8 Å². The molecule has 0 saturated carbocycles. The number of nitrogens with one attached hydrogen (secondary N) is 1. The highest BCUT2D eigenvalue weighted by molar-refractivity contribution is 6.17. The zero-order chi connectivity index (χ0) is 32.3. The topological polar surface area (TPSA) is 53.9 Å². The van der Waals surface area contributed by atoms with E-state index in [9.17, 15) is 0 Å². The Morgan fingerprint density at radius 1 is 0.531 bits per heavy atom. The second-order valence-corrected chi connectivity index (χ2v) is 12.4. The minimum Gasteiger partial charge on any atom is -0.456 e. The zero-order valence-electron chi connectivity index (χ0n) is 26.4. The van der Waals surface area contributed by atoms with Gasteiger partial charge >= 0.3 is 0 Å². The third kappa shape index (κ3) is 4.44. The molecule has 1 atom stereocenters. The highest BCUT2D eigenvalue weighted by atomic mass is 16.3. The van der Waals surface area contributed by atoms with E-state index in [1.807, 2.05) is 30.3 Å². The molecule has 7 aromatic carbocycles. The van der Waals surface area contributed by atoms with Crippen LogP contribution in [0.15, 0.2) is 178 Å². The summed E-state index contributed by atoms with van der Waals surface area (Å²) in [6, 6.07) is 56.6. The molecule has 9 aromatic rings. The van der Waals surface area contributed by atoms with Gasteiger partial charge in [-0.05, 0) is 66.2 Å². The summed E-state index contributed by atoms with van der Waals surface area (Å²) in [7, 11) is 0. The third-order valence-electron chi connectivity index (χ3n) is 9.52. The molecule has 1 aliphatic rings. The van der Waals surface area contributed by atoms with E-state index in [1.165, 1.54) is 5.56 Å². The highest BCUT2D eigenvalue weighted by Gasteiger charge is 2.26. The first-order valence-electron chi connectivity index (χ1n) is 16.5. The number of benzene rings is 7. The van der Waals surface area contributed by atoms with Crippen LogP contribution in [0, 0.1) is 0 Å². The number of fused-ring (bicyclic) bond motifs is 7. The van der Waals surface area contributed by atoms with Crippen molar-refractivity contribution in [1.82, 2.24) is 5.32 Å². The summed E-state index contributed by atoms with van der Waals surface area (Å²) >= 11 is 0. The molecule has 0 aliphatic carbocycles. The molecule has 232 valence electrons. The quantitative estimate of drug-likeness (QED) is 0.205. The Morgan fingerprint density at radius 3 is 2.12 bits per heavy atom. The molecule has 1 aliphatic heterocycles. The van der Waals surface area contributed by atoms with E-state index in [-0.39, 0.29) is 6.04 Å². The molecule has 0 radical (unpaired) electrons. The van der Waals surface area contributed by atoms with Crippen molar-refractivity contribution in [1.29, 1.82) is 0 Å². The molecule has 0 fully saturated rings. The van der Waals surface area contributed by atoms with Gasteiger partial charge in [-0.3, -0.25) is 0 Å². The van der Waals surface area contributed by atoms with Crippen molar-refractivity contribution >= 4 is 72.5 Å². The van der Waals surface area contributed by atoms with E-state index in [1.54, 1.807) is 0 Å². The predicted octanol–water partition coefficient (Wildman–Crippen LogP) is 11.7. The van der Waals surface area contributed by atoms with Crippen LogP contribution in [0.4, 0.5) is 22.7 Å². The lowest BCUT2D eigenvalue weighted by Gasteiger charge is -2.28. The van der Waals surface area contributed by atoms with Gasteiger partial charge in [0.15, 0.2) is 5.58 Å². The number of nitrogens with zero attached hydrogens (tertiary/aromatic N) is 2. The molecule has 5 nitrogen and oxygen atoms in total. The Balaban J connectivity index is 1.18. The summed E-state index contributed by atoms with van der Waals surface area (Å²) in [5.74, 6) is 0.827. The van der Waals surface area contributed by atoms with Crippen LogP contribution in [-0.2, 0) is 0 Å². The van der Waals surface area contributed by atoms with Gasteiger partial charge in [-0.15, -0.1) is 0 Å². The van der Waals surface area contributed by atoms with Crippen LogP contribution < -0.4 is 10.2 Å². The fraction of sp³-hybridized carbons (Fsp3) is 0.0227. The normalized spacial score (nSPS) is 14.2. The summed E-state index contributed by atoms with van der Waals surface area (Å²) in [5, 5.41) is 7.98. The lowest BCUT2D eigenvalue weighted by Crippen LogP contribution is -2.32. The van der Waals surface area contributed by atoms with Crippen molar-refractivity contribution < 1.29 is 8.83 Å². The Bertz CT molecular complexity index is 2710. The second kappa shape index (κ2) is 11.0. The van der Waals surface area contributed by atoms with Gasteiger partial charge in [-0.2, -0.15) is 0 Å². The predicted molar refractivity (Wildman–Crippen MR) is 200 cm³/mol. The van der Waals surface area contributed by atoms with E-state index < -0.39 is 0 Å². The molecule has 1 unspecified atom stereocenters. The van der Waals surface area contributed by atoms with Crippen LogP contribution in [-0.4, -0.2) is 5.84 Å². The molecule has 0 bridgehead atoms. The summed E-state index contributed by atoms with van der Waals surface area (Å²) in [5.41, 5.74) is 10.6. The van der Waals surface area contributed by atoms with Crippen molar-refractivity contribution in [2.75, 3.05) is 4.90 Å². The molecule has 0 amide bonds. The largest absolute Gasteiger partial charge is 0.456 e. The van der Waals surface area contributed by atoms with Crippen molar-refractivity contribution in [2.45, 2.75) is 6.04 Å². The standard InChI is InChI=1S/C44H29N3O2/c1-3-13-28(14-4-1)42-33-18-7-9-20-35(33)45-44(46-42)29-25-26-39-34(27-29)41-36(21-12-24-40(41)48-39)47(30-15-5-2-6-16-30)37-22-11-19-32-31-17-8-10-23-38(31)49-43(32)37/h1-27,42H,(H,45,46). The summed E-state index contributed by atoms with van der Waals surface area (Å²) in [6.07, 6.45) is 0. The fourth-order valence-electron chi connectivity index (χ4n) is 7.29. The summed E-state index contributed by atoms with van der Waals surface area (Å²) in [6.45, 7) is 0. The summed E-state index contributed by atoms with van der Waals surface area (Å²) < 4.78 is 13.1. The molecule has 0 spiro atoms. The van der Waals surface area contributed by atoms with Gasteiger partial charge in [0.25, 0.3) is 0 Å². The molecule has 49 heavy (non-hydrogen) atoms. The first-order valence-corrected chi connectivity index (χ1v) is 16.5. The zero-order valence-corrected chi connectivity index (χ0v) is 26.4. The maximum Gasteiger partial charge on any atom is 0.159 e. The number of para-hydroxylation sites is 4. The van der Waals surface area contributed by atoms with Gasteiger partial charge in [0.2, 0.25) is 0 Å². The van der Waals surface area contributed by atoms with Crippen LogP contribution >= 0.6 is 0 Å². The Hall–Kier alpha value is -6.59. The molecule has 0 saturated heterocycles. The van der Waals surface area contributed by atoms with Crippen molar-refractivity contribution in [2.24, 2.45) is 4.99 Å². The average molecular weight is 632 g/mol. The van der Waals surface area contributed by atoms with E-state index in [2.05, 4.69) is 144 Å². The first-order chi connectivity index (χ1) is 24.3. The average Bonchev–Trinajstić information content (AvgIpc) is 3.74. The van der Waals surface area contributed by atoms with Gasteiger partial charge < -0.3 is 19.1 Å². The van der Waals surface area contributed by atoms with Gasteiger partial charge in [-0.1, -0.05) is 103 Å². The van der Waals surface area contributed by atoms with Gasteiger partial charge in [0.05, 0.1) is 28.5 Å². The Labute approximate surface area is 282 Å². The van der Waals surface area contributed by atoms with Gasteiger partial charge in [0, 0.05) is 33.0 Å². The van der Waals surface area contributed by atoms with E-state index in [0.29, 0.717) is 0 Å². The maximum atomic E-state index is 6.57. The summed E-state index contributed by atoms with van der Waals surface area (Å²) in [4.78, 5) is 7.41. The fourth-order valence-corrected chi connectivity index (χ4v) is 7.29. The van der Waals surface area contributed by atoms with E-state index >= 15 is 0 Å². The van der Waals surface area contributed by atoms with Crippen LogP contribution in [0.25, 0.3) is 43.9 Å². The number of anilines is 3. The second-order valence-electron chi connectivity index (χ2n) is 12.4. The van der Waals surface area contributed by atoms with Crippen LogP contribution in [0.5, 0.6) is 0 Å². The number of aliphatic imine (C=N–C) groups is 1. The molecule has 5 heteroatoms. The first kappa shape index (κ1) is 27.5. The number of hydrogen-bond acceptors (Lipinski definition) is 5. The Kier molecular flexibility index (Phi) is 6.18. The van der Waals surface area contributed by atoms with Gasteiger partial charge in [0.1, 0.15) is 22.6 Å². The molecule has 10 rings (SSSR count). The minimum atomic E-state index is -0.0184. The van der Waals surface area contributed by atoms with E-state index in [0.717, 1.165) is 83.6 Å². The lowest BCUT2D eigenvalue weighted by molar-refractivity contribution is 0.668. The number of rotatable bonds is 5. The Morgan fingerprint density at radius 2 is 1.22 bits per heavy atom. The lowest BCUT2D eigenvalue weighted by atomic mass is 9.95. The molecule has 1 N–H and O–H groups in total. The molecular formula is C44H29N3O2. The monoisotopic (exact) mass is 631 g/mol. The smallest absolute Gasteiger partial charge is 0.159 e.